The second-order valence-electron chi connectivity index (χ2n) is 8.85. The van der Waals surface area contributed by atoms with Gasteiger partial charge in [0.25, 0.3) is 5.91 Å². The number of nitrogens with one attached hydrogen (secondary N) is 1. The van der Waals surface area contributed by atoms with Crippen molar-refractivity contribution < 1.29 is 23.2 Å². The number of fused-ring (bicyclic) bond motifs is 1. The number of benzene rings is 2. The number of ether oxygens (including phenoxy) is 1. The van der Waals surface area contributed by atoms with Gasteiger partial charge in [-0.05, 0) is 68.8 Å². The van der Waals surface area contributed by atoms with Crippen molar-refractivity contribution >= 4 is 26.8 Å². The molecule has 36 heavy (non-hydrogen) atoms. The maximum atomic E-state index is 13.5. The molecule has 3 aromatic rings. The standard InChI is InChI=1S/C26H32N4O5S/c1-2-15-30(18-25(26(31)28-32)29-16-5-6-17-29)36(33,34)22-11-9-21(10-12-22)35-19-20-13-14-27-24-8-4-3-7-23(20)24/h3-4,7-14,25,32H,2,5-6,15-19H2,1H3,(H,28,31)/t25-/m0/s1. The SMILES string of the molecule is CCCN(C[C@@H](C(=O)NO)N1CCCC1)S(=O)(=O)c1ccc(OCc2ccnc3ccccc23)cc1. The second kappa shape index (κ2) is 11.8. The molecular formula is C26H32N4O5S. The number of likely N-dealkylation sites (tertiary alicyclic amines) is 1. The topological polar surface area (TPSA) is 112 Å². The summed E-state index contributed by atoms with van der Waals surface area (Å²) in [6, 6.07) is 15.3. The van der Waals surface area contributed by atoms with Crippen LogP contribution >= 0.6 is 0 Å². The van der Waals surface area contributed by atoms with Crippen LogP contribution in [0.15, 0.2) is 65.7 Å². The summed E-state index contributed by atoms with van der Waals surface area (Å²) in [7, 11) is -3.86. The Bertz CT molecular complexity index is 1270. The Kier molecular flexibility index (Phi) is 8.52. The van der Waals surface area contributed by atoms with Gasteiger partial charge in [0.2, 0.25) is 10.0 Å². The van der Waals surface area contributed by atoms with E-state index in [1.54, 1.807) is 23.8 Å². The van der Waals surface area contributed by atoms with E-state index in [1.165, 1.54) is 16.4 Å². The second-order valence-corrected chi connectivity index (χ2v) is 10.8. The molecule has 2 aromatic carbocycles. The van der Waals surface area contributed by atoms with Gasteiger partial charge in [0.1, 0.15) is 18.4 Å². The number of pyridine rings is 1. The molecule has 0 aliphatic carbocycles. The summed E-state index contributed by atoms with van der Waals surface area (Å²) >= 11 is 0. The van der Waals surface area contributed by atoms with Gasteiger partial charge >= 0.3 is 0 Å². The minimum atomic E-state index is -3.86. The molecule has 1 atom stereocenters. The van der Waals surface area contributed by atoms with Crippen LogP contribution in [0.25, 0.3) is 10.9 Å². The molecular weight excluding hydrogens is 480 g/mol. The minimum Gasteiger partial charge on any atom is -0.489 e. The fourth-order valence-electron chi connectivity index (χ4n) is 4.54. The van der Waals surface area contributed by atoms with Gasteiger partial charge in [0, 0.05) is 30.2 Å². The van der Waals surface area contributed by atoms with Gasteiger partial charge in [-0.25, -0.2) is 13.9 Å². The molecule has 2 heterocycles. The van der Waals surface area contributed by atoms with Crippen molar-refractivity contribution in [2.45, 2.75) is 43.7 Å². The van der Waals surface area contributed by atoms with Crippen molar-refractivity contribution in [3.63, 3.8) is 0 Å². The summed E-state index contributed by atoms with van der Waals surface area (Å²) in [5.74, 6) is -0.0490. The van der Waals surface area contributed by atoms with Gasteiger partial charge < -0.3 is 4.74 Å². The Morgan fingerprint density at radius 1 is 1.14 bits per heavy atom. The molecule has 1 aliphatic rings. The number of carbonyl (C=O) groups is 1. The fourth-order valence-corrected chi connectivity index (χ4v) is 6.08. The lowest BCUT2D eigenvalue weighted by atomic mass is 10.1. The Hall–Kier alpha value is -3.05. The van der Waals surface area contributed by atoms with E-state index in [2.05, 4.69) is 4.98 Å². The zero-order chi connectivity index (χ0) is 25.5. The molecule has 4 rings (SSSR count). The number of carbonyl (C=O) groups excluding carboxylic acids is 1. The summed E-state index contributed by atoms with van der Waals surface area (Å²) in [6.45, 7) is 3.83. The fraction of sp³-hybridized carbons (Fsp3) is 0.385. The average Bonchev–Trinajstić information content (AvgIpc) is 3.44. The van der Waals surface area contributed by atoms with Crippen molar-refractivity contribution in [2.24, 2.45) is 0 Å². The van der Waals surface area contributed by atoms with Gasteiger partial charge in [0.15, 0.2) is 0 Å². The number of amides is 1. The highest BCUT2D eigenvalue weighted by Gasteiger charge is 2.34. The van der Waals surface area contributed by atoms with Crippen LogP contribution < -0.4 is 10.2 Å². The molecule has 0 bridgehead atoms. The highest BCUT2D eigenvalue weighted by Crippen LogP contribution is 2.24. The molecule has 192 valence electrons. The zero-order valence-corrected chi connectivity index (χ0v) is 21.2. The zero-order valence-electron chi connectivity index (χ0n) is 20.3. The summed E-state index contributed by atoms with van der Waals surface area (Å²) < 4.78 is 34.2. The number of aromatic nitrogens is 1. The lowest BCUT2D eigenvalue weighted by Crippen LogP contribution is -2.52. The molecule has 1 aromatic heterocycles. The van der Waals surface area contributed by atoms with Gasteiger partial charge in [-0.2, -0.15) is 4.31 Å². The van der Waals surface area contributed by atoms with Crippen LogP contribution in [0.3, 0.4) is 0 Å². The Balaban J connectivity index is 1.49. The molecule has 10 heteroatoms. The predicted molar refractivity (Wildman–Crippen MR) is 136 cm³/mol. The molecule has 0 radical (unpaired) electrons. The van der Waals surface area contributed by atoms with Crippen LogP contribution in [0.4, 0.5) is 0 Å². The van der Waals surface area contributed by atoms with E-state index in [4.69, 9.17) is 4.74 Å². The number of hydrogen-bond acceptors (Lipinski definition) is 7. The number of nitrogens with zero attached hydrogens (tertiary/aromatic N) is 3. The van der Waals surface area contributed by atoms with E-state index in [1.807, 2.05) is 42.2 Å². The third-order valence-corrected chi connectivity index (χ3v) is 8.32. The first-order valence-electron chi connectivity index (χ1n) is 12.2. The van der Waals surface area contributed by atoms with Crippen LogP contribution in [-0.4, -0.2) is 65.9 Å². The Labute approximate surface area is 211 Å². The molecule has 1 aliphatic heterocycles. The molecule has 1 fully saturated rings. The third-order valence-electron chi connectivity index (χ3n) is 6.44. The van der Waals surface area contributed by atoms with Crippen molar-refractivity contribution in [2.75, 3.05) is 26.2 Å². The number of sulfonamides is 1. The monoisotopic (exact) mass is 512 g/mol. The van der Waals surface area contributed by atoms with Gasteiger partial charge in [-0.15, -0.1) is 0 Å². The molecule has 9 nitrogen and oxygen atoms in total. The van der Waals surface area contributed by atoms with Crippen LogP contribution in [0.1, 0.15) is 31.7 Å². The highest BCUT2D eigenvalue weighted by atomic mass is 32.2. The largest absolute Gasteiger partial charge is 0.489 e. The van der Waals surface area contributed by atoms with E-state index in [0.717, 1.165) is 29.3 Å². The van der Waals surface area contributed by atoms with Gasteiger partial charge in [0.05, 0.1) is 10.4 Å². The van der Waals surface area contributed by atoms with Crippen LogP contribution in [-0.2, 0) is 21.4 Å². The van der Waals surface area contributed by atoms with E-state index >= 15 is 0 Å². The van der Waals surface area contributed by atoms with Crippen LogP contribution in [0.5, 0.6) is 5.75 Å². The van der Waals surface area contributed by atoms with E-state index in [9.17, 15) is 18.4 Å². The normalized spacial score (nSPS) is 15.3. The number of para-hydroxylation sites is 1. The lowest BCUT2D eigenvalue weighted by molar-refractivity contribution is -0.134. The van der Waals surface area contributed by atoms with Crippen molar-refractivity contribution in [1.29, 1.82) is 0 Å². The smallest absolute Gasteiger partial charge is 0.262 e. The molecule has 0 saturated carbocycles. The first-order valence-corrected chi connectivity index (χ1v) is 13.6. The Morgan fingerprint density at radius 2 is 1.86 bits per heavy atom. The first-order chi connectivity index (χ1) is 17.4. The van der Waals surface area contributed by atoms with Crippen molar-refractivity contribution in [3.8, 4) is 5.75 Å². The van der Waals surface area contributed by atoms with Gasteiger partial charge in [-0.3, -0.25) is 19.9 Å². The van der Waals surface area contributed by atoms with Gasteiger partial charge in [-0.1, -0.05) is 25.1 Å². The summed E-state index contributed by atoms with van der Waals surface area (Å²) in [5.41, 5.74) is 3.58. The molecule has 0 unspecified atom stereocenters. The quantitative estimate of drug-likeness (QED) is 0.300. The third kappa shape index (κ3) is 5.84. The highest BCUT2D eigenvalue weighted by molar-refractivity contribution is 7.89. The first kappa shape index (κ1) is 26.0. The molecule has 1 saturated heterocycles. The summed E-state index contributed by atoms with van der Waals surface area (Å²) in [6.07, 6.45) is 4.21. The number of hydroxylamine groups is 1. The van der Waals surface area contributed by atoms with Crippen LogP contribution in [0, 0.1) is 0 Å². The van der Waals surface area contributed by atoms with Crippen molar-refractivity contribution in [1.82, 2.24) is 19.7 Å². The van der Waals surface area contributed by atoms with Crippen molar-refractivity contribution in [3.05, 3.63) is 66.4 Å². The predicted octanol–water partition coefficient (Wildman–Crippen LogP) is 3.18. The number of rotatable bonds is 11. The van der Waals surface area contributed by atoms with E-state index < -0.39 is 22.0 Å². The van der Waals surface area contributed by atoms with E-state index in [0.29, 0.717) is 31.9 Å². The lowest BCUT2D eigenvalue weighted by Gasteiger charge is -2.31. The molecule has 1 amide bonds. The van der Waals surface area contributed by atoms with Crippen LogP contribution in [0.2, 0.25) is 0 Å². The van der Waals surface area contributed by atoms with E-state index in [-0.39, 0.29) is 18.0 Å². The molecule has 2 N–H and O–H groups in total. The Morgan fingerprint density at radius 3 is 2.56 bits per heavy atom. The summed E-state index contributed by atoms with van der Waals surface area (Å²) in [4.78, 5) is 18.8. The number of hydrogen-bond donors (Lipinski definition) is 2. The summed E-state index contributed by atoms with van der Waals surface area (Å²) in [5, 5.41) is 10.2. The molecule has 0 spiro atoms. The maximum absolute atomic E-state index is 13.5. The minimum absolute atomic E-state index is 0.0318. The average molecular weight is 513 g/mol. The maximum Gasteiger partial charge on any atom is 0.262 e.